The lowest BCUT2D eigenvalue weighted by molar-refractivity contribution is 0.197. The molecular formula is C12H16BrFN2. The average Bonchev–Trinajstić information content (AvgIpc) is 2.22. The van der Waals surface area contributed by atoms with Gasteiger partial charge < -0.3 is 5.32 Å². The van der Waals surface area contributed by atoms with Gasteiger partial charge in [0.2, 0.25) is 0 Å². The first kappa shape index (κ1) is 12.0. The van der Waals surface area contributed by atoms with Crippen molar-refractivity contribution in [2.75, 3.05) is 19.6 Å². The molecule has 0 aliphatic carbocycles. The van der Waals surface area contributed by atoms with E-state index in [-0.39, 0.29) is 5.82 Å². The first-order valence-electron chi connectivity index (χ1n) is 5.55. The van der Waals surface area contributed by atoms with Crippen molar-refractivity contribution in [2.45, 2.75) is 19.5 Å². The molecule has 1 aromatic rings. The molecule has 1 fully saturated rings. The number of nitrogens with zero attached hydrogens (tertiary/aromatic N) is 1. The highest BCUT2D eigenvalue weighted by molar-refractivity contribution is 9.10. The number of piperazine rings is 1. The van der Waals surface area contributed by atoms with Crippen molar-refractivity contribution in [3.8, 4) is 0 Å². The molecule has 16 heavy (non-hydrogen) atoms. The number of halogens is 2. The second kappa shape index (κ2) is 5.25. The lowest BCUT2D eigenvalue weighted by atomic mass is 10.1. The van der Waals surface area contributed by atoms with Gasteiger partial charge in [-0.2, -0.15) is 0 Å². The Morgan fingerprint density at radius 3 is 3.06 bits per heavy atom. The normalized spacial score (nSPS) is 22.3. The fourth-order valence-corrected chi connectivity index (χ4v) is 2.38. The minimum Gasteiger partial charge on any atom is -0.312 e. The number of hydrogen-bond donors (Lipinski definition) is 1. The van der Waals surface area contributed by atoms with Gasteiger partial charge in [-0.05, 0) is 19.1 Å². The molecule has 0 unspecified atom stereocenters. The SMILES string of the molecule is C[C@H]1CN(Cc2ccc(Br)cc2F)CCN1. The second-order valence-electron chi connectivity index (χ2n) is 4.33. The van der Waals surface area contributed by atoms with E-state index in [1.54, 1.807) is 0 Å². The second-order valence-corrected chi connectivity index (χ2v) is 5.24. The van der Waals surface area contributed by atoms with Gasteiger partial charge >= 0.3 is 0 Å². The molecule has 0 spiro atoms. The highest BCUT2D eigenvalue weighted by atomic mass is 79.9. The van der Waals surface area contributed by atoms with Crippen LogP contribution in [0.3, 0.4) is 0 Å². The standard InChI is InChI=1S/C12H16BrFN2/c1-9-7-16(5-4-15-9)8-10-2-3-11(13)6-12(10)14/h2-3,6,9,15H,4-5,7-8H2,1H3/t9-/m0/s1. The van der Waals surface area contributed by atoms with E-state index in [4.69, 9.17) is 0 Å². The Morgan fingerprint density at radius 2 is 2.38 bits per heavy atom. The van der Waals surface area contributed by atoms with Crippen molar-refractivity contribution < 1.29 is 4.39 Å². The molecule has 1 heterocycles. The van der Waals surface area contributed by atoms with Crippen LogP contribution in [0.2, 0.25) is 0 Å². The summed E-state index contributed by atoms with van der Waals surface area (Å²) < 4.78 is 14.4. The first-order chi connectivity index (χ1) is 7.65. The van der Waals surface area contributed by atoms with Gasteiger partial charge in [-0.25, -0.2) is 4.39 Å². The van der Waals surface area contributed by atoms with Crippen LogP contribution in [-0.2, 0) is 6.54 Å². The van der Waals surface area contributed by atoms with Crippen molar-refractivity contribution in [3.05, 3.63) is 34.1 Å². The summed E-state index contributed by atoms with van der Waals surface area (Å²) in [6, 6.07) is 5.77. The van der Waals surface area contributed by atoms with E-state index in [0.717, 1.165) is 29.7 Å². The van der Waals surface area contributed by atoms with Gasteiger partial charge in [0.25, 0.3) is 0 Å². The molecule has 1 aliphatic heterocycles. The highest BCUT2D eigenvalue weighted by Gasteiger charge is 2.16. The smallest absolute Gasteiger partial charge is 0.128 e. The van der Waals surface area contributed by atoms with Crippen molar-refractivity contribution >= 4 is 15.9 Å². The van der Waals surface area contributed by atoms with Crippen LogP contribution in [0.25, 0.3) is 0 Å². The maximum atomic E-state index is 13.6. The van der Waals surface area contributed by atoms with Crippen molar-refractivity contribution in [2.24, 2.45) is 0 Å². The Morgan fingerprint density at radius 1 is 1.56 bits per heavy atom. The average molecular weight is 287 g/mol. The zero-order valence-electron chi connectivity index (χ0n) is 9.34. The van der Waals surface area contributed by atoms with Crippen LogP contribution in [0.4, 0.5) is 4.39 Å². The molecule has 1 aromatic carbocycles. The van der Waals surface area contributed by atoms with E-state index in [2.05, 4.69) is 33.1 Å². The maximum Gasteiger partial charge on any atom is 0.128 e. The molecule has 1 atom stereocenters. The monoisotopic (exact) mass is 286 g/mol. The summed E-state index contributed by atoms with van der Waals surface area (Å²) in [5.74, 6) is -0.124. The molecule has 0 radical (unpaired) electrons. The van der Waals surface area contributed by atoms with Crippen LogP contribution in [-0.4, -0.2) is 30.6 Å². The van der Waals surface area contributed by atoms with E-state index in [1.807, 2.05) is 12.1 Å². The molecule has 2 nitrogen and oxygen atoms in total. The molecule has 0 saturated carbocycles. The van der Waals surface area contributed by atoms with Gasteiger partial charge in [0.05, 0.1) is 0 Å². The Balaban J connectivity index is 2.02. The van der Waals surface area contributed by atoms with Crippen LogP contribution < -0.4 is 5.32 Å². The molecule has 88 valence electrons. The molecule has 1 saturated heterocycles. The highest BCUT2D eigenvalue weighted by Crippen LogP contribution is 2.17. The first-order valence-corrected chi connectivity index (χ1v) is 6.34. The summed E-state index contributed by atoms with van der Waals surface area (Å²) in [7, 11) is 0. The largest absolute Gasteiger partial charge is 0.312 e. The van der Waals surface area contributed by atoms with E-state index >= 15 is 0 Å². The van der Waals surface area contributed by atoms with Crippen LogP contribution in [0.15, 0.2) is 22.7 Å². The van der Waals surface area contributed by atoms with Crippen LogP contribution in [0.1, 0.15) is 12.5 Å². The topological polar surface area (TPSA) is 15.3 Å². The van der Waals surface area contributed by atoms with Crippen molar-refractivity contribution in [1.29, 1.82) is 0 Å². The Bertz CT molecular complexity index is 370. The summed E-state index contributed by atoms with van der Waals surface area (Å²) in [6.45, 7) is 5.81. The Labute approximate surface area is 104 Å². The van der Waals surface area contributed by atoms with Crippen molar-refractivity contribution in [1.82, 2.24) is 10.2 Å². The van der Waals surface area contributed by atoms with Crippen molar-refractivity contribution in [3.63, 3.8) is 0 Å². The van der Waals surface area contributed by atoms with Gasteiger partial charge in [0, 0.05) is 42.3 Å². The zero-order chi connectivity index (χ0) is 11.5. The third-order valence-electron chi connectivity index (χ3n) is 2.86. The number of benzene rings is 1. The molecule has 1 aliphatic rings. The van der Waals surface area contributed by atoms with Crippen LogP contribution >= 0.6 is 15.9 Å². The lowest BCUT2D eigenvalue weighted by Gasteiger charge is -2.31. The summed E-state index contributed by atoms with van der Waals surface area (Å²) in [6.07, 6.45) is 0. The van der Waals surface area contributed by atoms with E-state index in [9.17, 15) is 4.39 Å². The maximum absolute atomic E-state index is 13.6. The quantitative estimate of drug-likeness (QED) is 0.898. The minimum atomic E-state index is -0.124. The molecule has 2 rings (SSSR count). The summed E-state index contributed by atoms with van der Waals surface area (Å²) in [5, 5.41) is 3.38. The minimum absolute atomic E-state index is 0.124. The fourth-order valence-electron chi connectivity index (χ4n) is 2.05. The molecular weight excluding hydrogens is 271 g/mol. The predicted octanol–water partition coefficient (Wildman–Crippen LogP) is 2.38. The molecule has 4 heteroatoms. The summed E-state index contributed by atoms with van der Waals surface area (Å²) >= 11 is 3.27. The third-order valence-corrected chi connectivity index (χ3v) is 3.36. The van der Waals surface area contributed by atoms with E-state index < -0.39 is 0 Å². The molecule has 0 amide bonds. The number of hydrogen-bond acceptors (Lipinski definition) is 2. The van der Waals surface area contributed by atoms with Crippen LogP contribution in [0, 0.1) is 5.82 Å². The molecule has 0 aromatic heterocycles. The third kappa shape index (κ3) is 3.03. The zero-order valence-corrected chi connectivity index (χ0v) is 10.9. The van der Waals surface area contributed by atoms with Gasteiger partial charge in [-0.15, -0.1) is 0 Å². The number of nitrogens with one attached hydrogen (secondary N) is 1. The Hall–Kier alpha value is -0.450. The summed E-state index contributed by atoms with van der Waals surface area (Å²) in [5.41, 5.74) is 0.775. The number of rotatable bonds is 2. The van der Waals surface area contributed by atoms with E-state index in [1.165, 1.54) is 6.07 Å². The Kier molecular flexibility index (Phi) is 3.95. The van der Waals surface area contributed by atoms with Crippen LogP contribution in [0.5, 0.6) is 0 Å². The van der Waals surface area contributed by atoms with Gasteiger partial charge in [0.1, 0.15) is 5.82 Å². The van der Waals surface area contributed by atoms with E-state index in [0.29, 0.717) is 12.6 Å². The van der Waals surface area contributed by atoms with Gasteiger partial charge in [-0.1, -0.05) is 22.0 Å². The lowest BCUT2D eigenvalue weighted by Crippen LogP contribution is -2.48. The van der Waals surface area contributed by atoms with Gasteiger partial charge in [-0.3, -0.25) is 4.90 Å². The molecule has 0 bridgehead atoms. The predicted molar refractivity (Wildman–Crippen MR) is 66.8 cm³/mol. The van der Waals surface area contributed by atoms with Gasteiger partial charge in [0.15, 0.2) is 0 Å². The fraction of sp³-hybridized carbons (Fsp3) is 0.500. The molecule has 1 N–H and O–H groups in total. The summed E-state index contributed by atoms with van der Waals surface area (Å²) in [4.78, 5) is 2.29.